The van der Waals surface area contributed by atoms with Gasteiger partial charge in [0.1, 0.15) is 5.75 Å². The Hall–Kier alpha value is -2.46. The number of aromatic nitrogens is 2. The van der Waals surface area contributed by atoms with Gasteiger partial charge >= 0.3 is 6.01 Å². The van der Waals surface area contributed by atoms with Gasteiger partial charge in [0.15, 0.2) is 0 Å². The number of piperidine rings is 1. The fourth-order valence-corrected chi connectivity index (χ4v) is 3.66. The third-order valence-electron chi connectivity index (χ3n) is 4.29. The molecule has 2 heterocycles. The van der Waals surface area contributed by atoms with Crippen LogP contribution in [0.1, 0.15) is 12.8 Å². The first-order chi connectivity index (χ1) is 12.4. The maximum absolute atomic E-state index is 12.3. The first-order valence-corrected chi connectivity index (χ1v) is 9.95. The molecule has 1 aliphatic heterocycles. The molecule has 1 aliphatic rings. The fraction of sp³-hybridized carbons (Fsp3) is 0.438. The largest absolute Gasteiger partial charge is 0.497 e. The predicted octanol–water partition coefficient (Wildman–Crippen LogP) is 1.36. The van der Waals surface area contributed by atoms with Crippen LogP contribution < -0.4 is 10.1 Å². The molecule has 3 rings (SSSR count). The summed E-state index contributed by atoms with van der Waals surface area (Å²) >= 11 is 0. The number of methoxy groups -OCH3 is 1. The molecular formula is C16H20N4O5S. The third-order valence-corrected chi connectivity index (χ3v) is 5.59. The van der Waals surface area contributed by atoms with Crippen molar-refractivity contribution >= 4 is 21.9 Å². The number of sulfonamides is 1. The molecule has 1 amide bonds. The van der Waals surface area contributed by atoms with Crippen molar-refractivity contribution in [2.75, 3.05) is 31.8 Å². The molecule has 26 heavy (non-hydrogen) atoms. The topological polar surface area (TPSA) is 115 Å². The third kappa shape index (κ3) is 4.20. The number of nitrogens with one attached hydrogen (secondary N) is 1. The molecule has 1 aromatic carbocycles. The van der Waals surface area contributed by atoms with Gasteiger partial charge in [-0.2, -0.15) is 0 Å². The Kier molecular flexibility index (Phi) is 5.23. The van der Waals surface area contributed by atoms with Crippen LogP contribution in [-0.4, -0.2) is 55.3 Å². The lowest BCUT2D eigenvalue weighted by Gasteiger charge is -2.29. The quantitative estimate of drug-likeness (QED) is 0.833. The van der Waals surface area contributed by atoms with Gasteiger partial charge in [0.05, 0.1) is 13.4 Å². The van der Waals surface area contributed by atoms with Crippen molar-refractivity contribution in [1.82, 2.24) is 14.5 Å². The molecular weight excluding hydrogens is 360 g/mol. The van der Waals surface area contributed by atoms with Crippen molar-refractivity contribution in [3.63, 3.8) is 0 Å². The van der Waals surface area contributed by atoms with E-state index in [9.17, 15) is 13.2 Å². The van der Waals surface area contributed by atoms with Gasteiger partial charge in [0.2, 0.25) is 21.8 Å². The molecule has 1 aromatic heterocycles. The van der Waals surface area contributed by atoms with Crippen LogP contribution in [0.5, 0.6) is 5.75 Å². The summed E-state index contributed by atoms with van der Waals surface area (Å²) < 4.78 is 35.0. The Morgan fingerprint density at radius 1 is 1.23 bits per heavy atom. The summed E-state index contributed by atoms with van der Waals surface area (Å²) in [6.07, 6.45) is 2.09. The Morgan fingerprint density at radius 2 is 1.88 bits per heavy atom. The standard InChI is InChI=1S/C16H20N4O5S/c1-24-13-5-3-12(4-6-13)15-18-19-16(25-15)17-14(21)11-7-9-20(10-8-11)26(2,22)23/h3-6,11H,7-10H2,1-2H3,(H,17,19,21). The summed E-state index contributed by atoms with van der Waals surface area (Å²) in [5, 5.41) is 10.4. The summed E-state index contributed by atoms with van der Waals surface area (Å²) in [5.74, 6) is 0.462. The zero-order valence-electron chi connectivity index (χ0n) is 14.5. The van der Waals surface area contributed by atoms with E-state index >= 15 is 0 Å². The number of carbonyl (C=O) groups is 1. The highest BCUT2D eigenvalue weighted by atomic mass is 32.2. The molecule has 0 saturated carbocycles. The fourth-order valence-electron chi connectivity index (χ4n) is 2.78. The van der Waals surface area contributed by atoms with Gasteiger partial charge in [0, 0.05) is 24.6 Å². The summed E-state index contributed by atoms with van der Waals surface area (Å²) in [6.45, 7) is 0.662. The van der Waals surface area contributed by atoms with Gasteiger partial charge in [0.25, 0.3) is 0 Å². The molecule has 0 aliphatic carbocycles. The Morgan fingerprint density at radius 3 is 2.46 bits per heavy atom. The predicted molar refractivity (Wildman–Crippen MR) is 94.1 cm³/mol. The molecule has 2 aromatic rings. The molecule has 0 spiro atoms. The van der Waals surface area contributed by atoms with Crippen molar-refractivity contribution in [1.29, 1.82) is 0 Å². The molecule has 9 nitrogen and oxygen atoms in total. The molecule has 0 bridgehead atoms. The highest BCUT2D eigenvalue weighted by Gasteiger charge is 2.29. The van der Waals surface area contributed by atoms with E-state index in [0.29, 0.717) is 37.2 Å². The Labute approximate surface area is 151 Å². The van der Waals surface area contributed by atoms with E-state index < -0.39 is 10.0 Å². The van der Waals surface area contributed by atoms with Crippen LogP contribution in [0.2, 0.25) is 0 Å². The van der Waals surface area contributed by atoms with Crippen LogP contribution in [0.3, 0.4) is 0 Å². The molecule has 1 N–H and O–H groups in total. The summed E-state index contributed by atoms with van der Waals surface area (Å²) in [5.41, 5.74) is 0.709. The van der Waals surface area contributed by atoms with E-state index in [1.165, 1.54) is 10.6 Å². The van der Waals surface area contributed by atoms with E-state index in [1.807, 2.05) is 0 Å². The van der Waals surface area contributed by atoms with E-state index in [2.05, 4.69) is 15.5 Å². The van der Waals surface area contributed by atoms with Gasteiger partial charge in [-0.05, 0) is 37.1 Å². The van der Waals surface area contributed by atoms with Gasteiger partial charge in [-0.25, -0.2) is 12.7 Å². The van der Waals surface area contributed by atoms with E-state index in [0.717, 1.165) is 0 Å². The van der Waals surface area contributed by atoms with E-state index in [4.69, 9.17) is 9.15 Å². The summed E-state index contributed by atoms with van der Waals surface area (Å²) in [4.78, 5) is 12.3. The number of carbonyl (C=O) groups excluding carboxylic acids is 1. The van der Waals surface area contributed by atoms with Gasteiger partial charge in [-0.15, -0.1) is 5.10 Å². The zero-order chi connectivity index (χ0) is 18.7. The Bertz CT molecular complexity index is 870. The molecule has 1 fully saturated rings. The maximum atomic E-state index is 12.3. The lowest BCUT2D eigenvalue weighted by atomic mass is 9.97. The average Bonchev–Trinajstić information content (AvgIpc) is 3.09. The summed E-state index contributed by atoms with van der Waals surface area (Å²) in [7, 11) is -1.64. The van der Waals surface area contributed by atoms with E-state index in [1.54, 1.807) is 31.4 Å². The first-order valence-electron chi connectivity index (χ1n) is 8.11. The van der Waals surface area contributed by atoms with Crippen LogP contribution in [0.15, 0.2) is 28.7 Å². The lowest BCUT2D eigenvalue weighted by Crippen LogP contribution is -2.40. The molecule has 140 valence electrons. The minimum atomic E-state index is -3.21. The number of benzene rings is 1. The van der Waals surface area contributed by atoms with Crippen LogP contribution >= 0.6 is 0 Å². The summed E-state index contributed by atoms with van der Waals surface area (Å²) in [6, 6.07) is 7.12. The highest BCUT2D eigenvalue weighted by Crippen LogP contribution is 2.24. The van der Waals surface area contributed by atoms with Crippen molar-refractivity contribution in [2.24, 2.45) is 5.92 Å². The first kappa shape index (κ1) is 18.3. The van der Waals surface area contributed by atoms with Gasteiger partial charge < -0.3 is 9.15 Å². The zero-order valence-corrected chi connectivity index (χ0v) is 15.3. The number of amides is 1. The Balaban J connectivity index is 1.59. The second kappa shape index (κ2) is 7.42. The lowest BCUT2D eigenvalue weighted by molar-refractivity contribution is -0.121. The number of nitrogens with zero attached hydrogens (tertiary/aromatic N) is 3. The number of hydrogen-bond donors (Lipinski definition) is 1. The molecule has 0 radical (unpaired) electrons. The minimum absolute atomic E-state index is 0.0198. The van der Waals surface area contributed by atoms with Gasteiger partial charge in [-0.1, -0.05) is 5.10 Å². The number of hydrogen-bond acceptors (Lipinski definition) is 7. The molecule has 0 unspecified atom stereocenters. The molecule has 0 atom stereocenters. The monoisotopic (exact) mass is 380 g/mol. The number of anilines is 1. The van der Waals surface area contributed by atoms with Crippen LogP contribution in [0, 0.1) is 5.92 Å². The molecule has 1 saturated heterocycles. The smallest absolute Gasteiger partial charge is 0.322 e. The second-order valence-corrected chi connectivity index (χ2v) is 8.05. The highest BCUT2D eigenvalue weighted by molar-refractivity contribution is 7.88. The van der Waals surface area contributed by atoms with Gasteiger partial charge in [-0.3, -0.25) is 10.1 Å². The van der Waals surface area contributed by atoms with Crippen molar-refractivity contribution < 1.29 is 22.4 Å². The minimum Gasteiger partial charge on any atom is -0.497 e. The molecule has 10 heteroatoms. The van der Waals surface area contributed by atoms with Crippen molar-refractivity contribution in [2.45, 2.75) is 12.8 Å². The van der Waals surface area contributed by atoms with Crippen LogP contribution in [0.25, 0.3) is 11.5 Å². The average molecular weight is 380 g/mol. The van der Waals surface area contributed by atoms with E-state index in [-0.39, 0.29) is 23.7 Å². The SMILES string of the molecule is COc1ccc(-c2nnc(NC(=O)C3CCN(S(C)(=O)=O)CC3)o2)cc1. The number of ether oxygens (including phenoxy) is 1. The second-order valence-electron chi connectivity index (χ2n) is 6.07. The van der Waals surface area contributed by atoms with Crippen LogP contribution in [0.4, 0.5) is 6.01 Å². The van der Waals surface area contributed by atoms with Crippen molar-refractivity contribution in [3.05, 3.63) is 24.3 Å². The maximum Gasteiger partial charge on any atom is 0.322 e. The number of rotatable bonds is 5. The van der Waals surface area contributed by atoms with Crippen molar-refractivity contribution in [3.8, 4) is 17.2 Å². The van der Waals surface area contributed by atoms with Crippen LogP contribution in [-0.2, 0) is 14.8 Å². The normalized spacial score (nSPS) is 16.4.